The van der Waals surface area contributed by atoms with Crippen molar-refractivity contribution >= 4 is 17.9 Å². The van der Waals surface area contributed by atoms with E-state index in [2.05, 4.69) is 10.2 Å². The molecule has 1 saturated heterocycles. The van der Waals surface area contributed by atoms with Crippen LogP contribution in [-0.2, 0) is 9.53 Å². The van der Waals surface area contributed by atoms with Gasteiger partial charge in [-0.3, -0.25) is 14.6 Å². The summed E-state index contributed by atoms with van der Waals surface area (Å²) in [6.45, 7) is 4.47. The SMILES string of the molecule is CCOC(=O)C1=C(CN2CCN(C(=O)c3ccc(OC)cc3)CC2)N(C)C(=O)N[C@H]1c1ccc(OC)c(OC)c1. The number of ether oxygens (including phenoxy) is 4. The number of likely N-dealkylation sites (N-methyl/N-ethyl adjacent to an activating group) is 1. The number of amides is 3. The van der Waals surface area contributed by atoms with Crippen molar-refractivity contribution in [3.63, 3.8) is 0 Å². The van der Waals surface area contributed by atoms with Gasteiger partial charge in [-0.2, -0.15) is 0 Å². The van der Waals surface area contributed by atoms with Crippen molar-refractivity contribution in [3.05, 3.63) is 64.9 Å². The molecule has 1 N–H and O–H groups in total. The number of methoxy groups -OCH3 is 3. The lowest BCUT2D eigenvalue weighted by Crippen LogP contribution is -2.53. The Morgan fingerprint density at radius 3 is 2.20 bits per heavy atom. The van der Waals surface area contributed by atoms with Crippen LogP contribution in [-0.4, -0.2) is 100 Å². The Morgan fingerprint density at radius 2 is 1.60 bits per heavy atom. The first-order valence-electron chi connectivity index (χ1n) is 13.1. The first kappa shape index (κ1) is 28.8. The molecule has 1 atom stereocenters. The molecule has 3 amide bonds. The number of hydrogen-bond donors (Lipinski definition) is 1. The number of benzene rings is 2. The number of nitrogens with zero attached hydrogens (tertiary/aromatic N) is 3. The molecule has 0 bridgehead atoms. The van der Waals surface area contributed by atoms with E-state index in [1.807, 2.05) is 4.90 Å². The average Bonchev–Trinajstić information content (AvgIpc) is 2.99. The summed E-state index contributed by atoms with van der Waals surface area (Å²) in [7, 11) is 6.29. The van der Waals surface area contributed by atoms with Gasteiger partial charge >= 0.3 is 12.0 Å². The molecule has 0 saturated carbocycles. The molecule has 2 aromatic carbocycles. The van der Waals surface area contributed by atoms with Crippen LogP contribution >= 0.6 is 0 Å². The van der Waals surface area contributed by atoms with Crippen LogP contribution in [0.25, 0.3) is 0 Å². The van der Waals surface area contributed by atoms with E-state index in [0.29, 0.717) is 72.4 Å². The van der Waals surface area contributed by atoms with Gasteiger partial charge in [-0.25, -0.2) is 9.59 Å². The smallest absolute Gasteiger partial charge is 0.338 e. The van der Waals surface area contributed by atoms with E-state index >= 15 is 0 Å². The van der Waals surface area contributed by atoms with E-state index in [1.165, 1.54) is 12.0 Å². The molecule has 11 nitrogen and oxygen atoms in total. The van der Waals surface area contributed by atoms with Gasteiger partial charge in [-0.1, -0.05) is 6.07 Å². The van der Waals surface area contributed by atoms with Crippen LogP contribution in [0.1, 0.15) is 28.9 Å². The monoisotopic (exact) mass is 552 g/mol. The molecule has 0 aromatic heterocycles. The number of hydrogen-bond acceptors (Lipinski definition) is 8. The highest BCUT2D eigenvalue weighted by molar-refractivity contribution is 5.95. The third-order valence-corrected chi connectivity index (χ3v) is 7.18. The lowest BCUT2D eigenvalue weighted by atomic mass is 9.94. The highest BCUT2D eigenvalue weighted by atomic mass is 16.5. The Hall–Kier alpha value is -4.25. The molecule has 2 aliphatic rings. The summed E-state index contributed by atoms with van der Waals surface area (Å²) < 4.78 is 21.4. The van der Waals surface area contributed by atoms with Gasteiger partial charge in [0.05, 0.1) is 39.6 Å². The number of piperazine rings is 1. The van der Waals surface area contributed by atoms with Crippen molar-refractivity contribution in [2.24, 2.45) is 0 Å². The fraction of sp³-hybridized carbons (Fsp3) is 0.414. The molecule has 0 aliphatic carbocycles. The maximum atomic E-state index is 13.3. The van der Waals surface area contributed by atoms with E-state index in [-0.39, 0.29) is 18.5 Å². The van der Waals surface area contributed by atoms with Gasteiger partial charge in [-0.05, 0) is 48.9 Å². The Morgan fingerprint density at radius 1 is 0.925 bits per heavy atom. The summed E-state index contributed by atoms with van der Waals surface area (Å²) in [6.07, 6.45) is 0. The summed E-state index contributed by atoms with van der Waals surface area (Å²) in [6, 6.07) is 11.2. The molecular formula is C29H36N4O7. The van der Waals surface area contributed by atoms with Crippen LogP contribution in [0.15, 0.2) is 53.7 Å². The van der Waals surface area contributed by atoms with Crippen LogP contribution < -0.4 is 19.5 Å². The first-order valence-corrected chi connectivity index (χ1v) is 13.1. The second-order valence-corrected chi connectivity index (χ2v) is 9.43. The fourth-order valence-corrected chi connectivity index (χ4v) is 4.92. The minimum absolute atomic E-state index is 0.0450. The second kappa shape index (κ2) is 12.7. The highest BCUT2D eigenvalue weighted by Crippen LogP contribution is 2.36. The second-order valence-electron chi connectivity index (χ2n) is 9.43. The van der Waals surface area contributed by atoms with E-state index in [1.54, 1.807) is 70.7 Å². The van der Waals surface area contributed by atoms with Crippen molar-refractivity contribution in [1.82, 2.24) is 20.0 Å². The van der Waals surface area contributed by atoms with Gasteiger partial charge in [0.25, 0.3) is 5.91 Å². The summed E-state index contributed by atoms with van der Waals surface area (Å²) in [5.74, 6) is 1.16. The standard InChI is InChI=1S/C29H36N4O7/c1-6-40-28(35)25-22(31(2)29(36)30-26(25)20-9-12-23(38-4)24(17-20)39-5)18-32-13-15-33(16-14-32)27(34)19-7-10-21(37-3)11-8-19/h7-12,17,26H,6,13-16,18H2,1-5H3,(H,30,36)/t26-/m0/s1. The molecule has 11 heteroatoms. The molecular weight excluding hydrogens is 516 g/mol. The minimum Gasteiger partial charge on any atom is -0.497 e. The molecule has 214 valence electrons. The minimum atomic E-state index is -0.740. The largest absolute Gasteiger partial charge is 0.497 e. The average molecular weight is 553 g/mol. The molecule has 0 unspecified atom stereocenters. The van der Waals surface area contributed by atoms with Gasteiger partial charge in [0.15, 0.2) is 11.5 Å². The van der Waals surface area contributed by atoms with Gasteiger partial charge in [-0.15, -0.1) is 0 Å². The summed E-state index contributed by atoms with van der Waals surface area (Å²) in [5, 5.41) is 2.93. The molecule has 0 spiro atoms. The van der Waals surface area contributed by atoms with Crippen molar-refractivity contribution < 1.29 is 33.3 Å². The Kier molecular flexibility index (Phi) is 9.15. The molecule has 40 heavy (non-hydrogen) atoms. The maximum Gasteiger partial charge on any atom is 0.338 e. The normalized spacial score (nSPS) is 17.8. The zero-order chi connectivity index (χ0) is 28.8. The zero-order valence-electron chi connectivity index (χ0n) is 23.6. The molecule has 2 aromatic rings. The highest BCUT2D eigenvalue weighted by Gasteiger charge is 2.38. The van der Waals surface area contributed by atoms with Gasteiger partial charge < -0.3 is 29.2 Å². The van der Waals surface area contributed by atoms with E-state index in [9.17, 15) is 14.4 Å². The van der Waals surface area contributed by atoms with Crippen LogP contribution in [0, 0.1) is 0 Å². The summed E-state index contributed by atoms with van der Waals surface area (Å²) in [4.78, 5) is 44.8. The number of carbonyl (C=O) groups excluding carboxylic acids is 3. The van der Waals surface area contributed by atoms with Crippen molar-refractivity contribution in [1.29, 1.82) is 0 Å². The van der Waals surface area contributed by atoms with Crippen molar-refractivity contribution in [3.8, 4) is 17.2 Å². The van der Waals surface area contributed by atoms with Crippen LogP contribution in [0.3, 0.4) is 0 Å². The quantitative estimate of drug-likeness (QED) is 0.473. The zero-order valence-corrected chi connectivity index (χ0v) is 23.6. The lowest BCUT2D eigenvalue weighted by Gasteiger charge is -2.39. The number of urea groups is 1. The predicted octanol–water partition coefficient (Wildman–Crippen LogP) is 2.68. The summed E-state index contributed by atoms with van der Waals surface area (Å²) in [5.41, 5.74) is 2.17. The van der Waals surface area contributed by atoms with Gasteiger partial charge in [0.2, 0.25) is 0 Å². The number of rotatable bonds is 9. The van der Waals surface area contributed by atoms with E-state index in [0.717, 1.165) is 0 Å². The van der Waals surface area contributed by atoms with Gasteiger partial charge in [0.1, 0.15) is 5.75 Å². The molecule has 0 radical (unpaired) electrons. The maximum absolute atomic E-state index is 13.3. The van der Waals surface area contributed by atoms with Crippen molar-refractivity contribution in [2.75, 3.05) is 67.7 Å². The number of nitrogens with one attached hydrogen (secondary N) is 1. The Labute approximate surface area is 234 Å². The lowest BCUT2D eigenvalue weighted by molar-refractivity contribution is -0.139. The number of carbonyl (C=O) groups is 3. The fourth-order valence-electron chi connectivity index (χ4n) is 4.92. The third kappa shape index (κ3) is 5.99. The first-order chi connectivity index (χ1) is 19.3. The third-order valence-electron chi connectivity index (χ3n) is 7.18. The van der Waals surface area contributed by atoms with Crippen LogP contribution in [0.2, 0.25) is 0 Å². The van der Waals surface area contributed by atoms with Crippen LogP contribution in [0.4, 0.5) is 4.79 Å². The Bertz CT molecular complexity index is 1270. The number of esters is 1. The summed E-state index contributed by atoms with van der Waals surface area (Å²) >= 11 is 0. The Balaban J connectivity index is 1.58. The van der Waals surface area contributed by atoms with Gasteiger partial charge in [0, 0.05) is 51.0 Å². The molecule has 2 aliphatic heterocycles. The van der Waals surface area contributed by atoms with Crippen molar-refractivity contribution in [2.45, 2.75) is 13.0 Å². The molecule has 1 fully saturated rings. The predicted molar refractivity (Wildman–Crippen MR) is 148 cm³/mol. The van der Waals surface area contributed by atoms with E-state index in [4.69, 9.17) is 18.9 Å². The topological polar surface area (TPSA) is 110 Å². The molecule has 2 heterocycles. The van der Waals surface area contributed by atoms with Crippen LogP contribution in [0.5, 0.6) is 17.2 Å². The van der Waals surface area contributed by atoms with E-state index < -0.39 is 12.0 Å². The molecule has 4 rings (SSSR count).